The van der Waals surface area contributed by atoms with Gasteiger partial charge in [-0.05, 0) is 118 Å². The summed E-state index contributed by atoms with van der Waals surface area (Å²) >= 11 is 0. The number of pyridine rings is 3. The molecule has 0 fully saturated rings. The molecule has 4 aromatic heterocycles. The van der Waals surface area contributed by atoms with Gasteiger partial charge in [0.2, 0.25) is 17.1 Å². The van der Waals surface area contributed by atoms with Gasteiger partial charge in [0.15, 0.2) is 29.7 Å². The predicted molar refractivity (Wildman–Crippen MR) is 222 cm³/mol. The molecule has 0 saturated heterocycles. The molecule has 2 atom stereocenters. The van der Waals surface area contributed by atoms with Crippen LogP contribution in [0.1, 0.15) is 88.7 Å². The molecule has 2 aliphatic rings. The van der Waals surface area contributed by atoms with E-state index in [-0.39, 0.29) is 12.0 Å². The van der Waals surface area contributed by atoms with Crippen molar-refractivity contribution in [3.8, 4) is 33.8 Å². The number of aromatic nitrogens is 3. The first-order valence-corrected chi connectivity index (χ1v) is 19.8. The molecule has 4 heteroatoms. The van der Waals surface area contributed by atoms with Gasteiger partial charge in [-0.2, -0.15) is 9.13 Å². The van der Waals surface area contributed by atoms with Crippen LogP contribution in [0.25, 0.3) is 61.5 Å². The van der Waals surface area contributed by atoms with Gasteiger partial charge < -0.3 is 4.42 Å². The minimum atomic E-state index is 0.272. The van der Waals surface area contributed by atoms with Crippen molar-refractivity contribution in [2.75, 3.05) is 0 Å². The van der Waals surface area contributed by atoms with Crippen LogP contribution in [0, 0.1) is 47.5 Å². The molecule has 0 N–H and O–H groups in total. The quantitative estimate of drug-likeness (QED) is 0.171. The number of hydrogen-bond donors (Lipinski definition) is 0. The molecule has 0 spiro atoms. The third-order valence-corrected chi connectivity index (χ3v) is 12.4. The van der Waals surface area contributed by atoms with E-state index in [0.29, 0.717) is 11.6 Å². The highest BCUT2D eigenvalue weighted by atomic mass is 16.3. The summed E-state index contributed by atoms with van der Waals surface area (Å²) in [4.78, 5) is 5.19. The number of benzene rings is 3. The lowest BCUT2D eigenvalue weighted by Crippen LogP contribution is -2.49. The average molecular weight is 710 g/mol. The third kappa shape index (κ3) is 5.52. The van der Waals surface area contributed by atoms with E-state index in [1.807, 2.05) is 0 Å². The first-order chi connectivity index (χ1) is 26.0. The Labute approximate surface area is 319 Å². The summed E-state index contributed by atoms with van der Waals surface area (Å²) < 4.78 is 12.0. The Morgan fingerprint density at radius 1 is 0.778 bits per heavy atom. The fraction of sp³-hybridized carbons (Fsp3) is 0.300. The second kappa shape index (κ2) is 12.9. The van der Waals surface area contributed by atoms with E-state index < -0.39 is 0 Å². The number of rotatable bonds is 3. The van der Waals surface area contributed by atoms with Crippen LogP contribution < -0.4 is 9.13 Å². The smallest absolute Gasteiger partial charge is 0.227 e. The van der Waals surface area contributed by atoms with Crippen LogP contribution >= 0.6 is 0 Å². The summed E-state index contributed by atoms with van der Waals surface area (Å²) in [6.45, 7) is 22.8. The van der Waals surface area contributed by atoms with Crippen LogP contribution in [0.15, 0.2) is 96.2 Å². The topological polar surface area (TPSA) is 33.8 Å². The molecule has 2 aliphatic heterocycles. The second-order valence-corrected chi connectivity index (χ2v) is 16.7. The Balaban J connectivity index is 1.29. The Morgan fingerprint density at radius 3 is 2.31 bits per heavy atom. The van der Waals surface area contributed by atoms with Crippen LogP contribution in [0.4, 0.5) is 0 Å². The maximum absolute atomic E-state index is 6.98. The predicted octanol–water partition coefficient (Wildman–Crippen LogP) is 11.8. The average Bonchev–Trinajstić information content (AvgIpc) is 3.50. The van der Waals surface area contributed by atoms with Crippen molar-refractivity contribution >= 4 is 27.8 Å². The standard InChI is InChI=1S/C50H51N3O/c1-28(2)21-37-27-52-35(9)25-42-41-22-29(3)13-16-38(41)45-23-32(6)34(8)26-53(45)44(42)20-15-36-14-17-39-40-18-19-43(47-30(4)11-10-12-31(47)5)51-50(40)54-49(39)48(36)46(52)24-33(37)7/h10-14,16-19,22-24,26-28,42,44H,9,15,20-21,25H2,1-8H3/q+2. The number of aryl methyl sites for hydroxylation is 7. The molecule has 4 nitrogen and oxygen atoms in total. The molecular weight excluding hydrogens is 659 g/mol. The van der Waals surface area contributed by atoms with Crippen LogP contribution in [0.5, 0.6) is 0 Å². The fourth-order valence-electron chi connectivity index (χ4n) is 9.54. The lowest BCUT2D eigenvalue weighted by atomic mass is 9.76. The zero-order chi connectivity index (χ0) is 37.6. The van der Waals surface area contributed by atoms with Gasteiger partial charge in [0.25, 0.3) is 0 Å². The molecule has 0 bridgehead atoms. The minimum Gasteiger partial charge on any atom is -0.437 e. The number of nitrogens with zero attached hydrogens (tertiary/aromatic N) is 3. The van der Waals surface area contributed by atoms with E-state index in [9.17, 15) is 0 Å². The molecular formula is C50H51N3O+2. The van der Waals surface area contributed by atoms with E-state index in [4.69, 9.17) is 16.0 Å². The van der Waals surface area contributed by atoms with Crippen LogP contribution in [0.2, 0.25) is 0 Å². The second-order valence-electron chi connectivity index (χ2n) is 16.7. The molecule has 0 saturated carbocycles. The van der Waals surface area contributed by atoms with Crippen molar-refractivity contribution in [1.82, 2.24) is 4.98 Å². The molecule has 0 radical (unpaired) electrons. The Hall–Kier alpha value is -5.35. The highest BCUT2D eigenvalue weighted by Crippen LogP contribution is 2.46. The van der Waals surface area contributed by atoms with E-state index in [0.717, 1.165) is 64.7 Å². The maximum atomic E-state index is 6.98. The number of furan rings is 1. The van der Waals surface area contributed by atoms with Gasteiger partial charge in [0, 0.05) is 58.0 Å². The van der Waals surface area contributed by atoms with Gasteiger partial charge in [0.05, 0.1) is 17.2 Å². The number of allylic oxidation sites excluding steroid dienone is 1. The summed E-state index contributed by atoms with van der Waals surface area (Å²) in [6, 6.07) is 27.6. The summed E-state index contributed by atoms with van der Waals surface area (Å²) in [7, 11) is 0. The molecule has 6 heterocycles. The first-order valence-electron chi connectivity index (χ1n) is 19.8. The normalized spacial score (nSPS) is 16.6. The summed E-state index contributed by atoms with van der Waals surface area (Å²) in [5.41, 5.74) is 21.6. The molecule has 0 amide bonds. The van der Waals surface area contributed by atoms with E-state index in [1.54, 1.807) is 0 Å². The number of hydrogen-bond acceptors (Lipinski definition) is 2. The summed E-state index contributed by atoms with van der Waals surface area (Å²) in [6.07, 6.45) is 8.60. The van der Waals surface area contributed by atoms with E-state index in [1.165, 1.54) is 66.9 Å². The van der Waals surface area contributed by atoms with Crippen molar-refractivity contribution in [3.05, 3.63) is 142 Å². The summed E-state index contributed by atoms with van der Waals surface area (Å²) in [5, 5.41) is 2.15. The molecule has 0 aliphatic carbocycles. The Morgan fingerprint density at radius 2 is 1.54 bits per heavy atom. The van der Waals surface area contributed by atoms with Gasteiger partial charge >= 0.3 is 0 Å². The number of fused-ring (bicyclic) bond motifs is 13. The van der Waals surface area contributed by atoms with Gasteiger partial charge in [-0.1, -0.05) is 61.9 Å². The molecule has 270 valence electrons. The monoisotopic (exact) mass is 709 g/mol. The van der Waals surface area contributed by atoms with Crippen LogP contribution in [-0.4, -0.2) is 4.98 Å². The van der Waals surface area contributed by atoms with Gasteiger partial charge in [-0.3, -0.25) is 0 Å². The van der Waals surface area contributed by atoms with Crippen LogP contribution in [0.3, 0.4) is 0 Å². The molecule has 54 heavy (non-hydrogen) atoms. The van der Waals surface area contributed by atoms with Gasteiger partial charge in [0.1, 0.15) is 0 Å². The molecule has 3 aromatic carbocycles. The highest BCUT2D eigenvalue weighted by Gasteiger charge is 2.43. The van der Waals surface area contributed by atoms with E-state index in [2.05, 4.69) is 150 Å². The Kier molecular flexibility index (Phi) is 8.22. The largest absolute Gasteiger partial charge is 0.437 e. The molecule has 2 unspecified atom stereocenters. The lowest BCUT2D eigenvalue weighted by molar-refractivity contribution is -0.719. The fourth-order valence-corrected chi connectivity index (χ4v) is 9.54. The van der Waals surface area contributed by atoms with Gasteiger partial charge in [-0.25, -0.2) is 4.98 Å². The SMILES string of the molecule is C=C1CC2c3cc(C)ccc3-c3cc(C)c(C)c[n+]3C2CCc2ccc3c(oc4nc(-c5c(C)cccc5C)ccc43)c2-c2cc(C)c(CC(C)C)c[n+]21. The maximum Gasteiger partial charge on any atom is 0.227 e. The Bertz CT molecular complexity index is 2670. The minimum absolute atomic E-state index is 0.272. The zero-order valence-corrected chi connectivity index (χ0v) is 33.1. The molecule has 9 rings (SSSR count). The first kappa shape index (κ1) is 34.4. The third-order valence-electron chi connectivity index (χ3n) is 12.4. The van der Waals surface area contributed by atoms with Crippen molar-refractivity contribution in [2.24, 2.45) is 5.92 Å². The van der Waals surface area contributed by atoms with Crippen molar-refractivity contribution in [1.29, 1.82) is 0 Å². The molecule has 7 aromatic rings. The van der Waals surface area contributed by atoms with Crippen LogP contribution in [-0.2, 0) is 12.8 Å². The van der Waals surface area contributed by atoms with Crippen molar-refractivity contribution in [3.63, 3.8) is 0 Å². The van der Waals surface area contributed by atoms with E-state index >= 15 is 0 Å². The van der Waals surface area contributed by atoms with Crippen molar-refractivity contribution < 1.29 is 13.6 Å². The lowest BCUT2D eigenvalue weighted by Gasteiger charge is -2.32. The zero-order valence-electron chi connectivity index (χ0n) is 33.1. The summed E-state index contributed by atoms with van der Waals surface area (Å²) in [5.74, 6) is 0.824. The van der Waals surface area contributed by atoms with Crippen molar-refractivity contribution in [2.45, 2.75) is 93.0 Å². The highest BCUT2D eigenvalue weighted by molar-refractivity contribution is 6.09. The van der Waals surface area contributed by atoms with Gasteiger partial charge in [-0.15, -0.1) is 0 Å².